The van der Waals surface area contributed by atoms with Crippen LogP contribution in [0.4, 0.5) is 17.1 Å². The minimum Gasteiger partial charge on any atom is -0.489 e. The standard InChI is InChI=1S/C32H48N4OSi/c1-22(2)38(23(3)4,24(5)6)36-21-29(25-13-15-34(7)16-14-25)28-11-9-26(19-31(28)36)33-27-10-12-30-32(20-27)37-18-17-35(30)8/h9-12,19-25,33H,13-18H2,1-8H3. The topological polar surface area (TPSA) is 32.7 Å². The number of ether oxygens (including phenoxy) is 1. The summed E-state index contributed by atoms with van der Waals surface area (Å²) in [5.41, 5.74) is 8.32. The molecule has 0 aliphatic carbocycles. The van der Waals surface area contributed by atoms with Crippen molar-refractivity contribution in [1.29, 1.82) is 0 Å². The van der Waals surface area contributed by atoms with Crippen molar-refractivity contribution in [1.82, 2.24) is 9.13 Å². The molecule has 1 fully saturated rings. The molecule has 1 saturated heterocycles. The number of likely N-dealkylation sites (N-methyl/N-ethyl adjacent to an activating group) is 1. The Morgan fingerprint density at radius 3 is 2.13 bits per heavy atom. The van der Waals surface area contributed by atoms with E-state index < -0.39 is 8.24 Å². The first-order valence-corrected chi connectivity index (χ1v) is 16.9. The minimum absolute atomic E-state index is 0.640. The summed E-state index contributed by atoms with van der Waals surface area (Å²) in [6.07, 6.45) is 5.11. The molecule has 3 heterocycles. The van der Waals surface area contributed by atoms with E-state index in [0.29, 0.717) is 22.5 Å². The molecule has 3 aromatic rings. The van der Waals surface area contributed by atoms with Gasteiger partial charge in [-0.25, -0.2) is 0 Å². The molecule has 1 N–H and O–H groups in total. The summed E-state index contributed by atoms with van der Waals surface area (Å²) in [6.45, 7) is 18.9. The van der Waals surface area contributed by atoms with E-state index in [0.717, 1.165) is 36.0 Å². The third-order valence-corrected chi connectivity index (χ3v) is 16.3. The summed E-state index contributed by atoms with van der Waals surface area (Å²) in [7, 11) is 2.48. The maximum atomic E-state index is 5.98. The van der Waals surface area contributed by atoms with Gasteiger partial charge in [-0.2, -0.15) is 0 Å². The first kappa shape index (κ1) is 27.1. The number of likely N-dealkylation sites (tertiary alicyclic amines) is 1. The number of nitrogens with zero attached hydrogens (tertiary/aromatic N) is 3. The number of rotatable bonds is 7. The number of anilines is 3. The van der Waals surface area contributed by atoms with Crippen molar-refractivity contribution in [3.63, 3.8) is 0 Å². The van der Waals surface area contributed by atoms with E-state index in [1.54, 1.807) is 5.56 Å². The molecule has 6 heteroatoms. The molecule has 0 spiro atoms. The second-order valence-corrected chi connectivity index (χ2v) is 18.4. The molecule has 0 unspecified atom stereocenters. The van der Waals surface area contributed by atoms with Gasteiger partial charge in [0.05, 0.1) is 12.2 Å². The number of nitrogens with one attached hydrogen (secondary N) is 1. The Morgan fingerprint density at radius 2 is 1.47 bits per heavy atom. The van der Waals surface area contributed by atoms with Crippen molar-refractivity contribution in [3.05, 3.63) is 48.2 Å². The highest BCUT2D eigenvalue weighted by atomic mass is 28.3. The Kier molecular flexibility index (Phi) is 7.58. The van der Waals surface area contributed by atoms with Gasteiger partial charge in [0.15, 0.2) is 8.24 Å². The highest BCUT2D eigenvalue weighted by Gasteiger charge is 2.46. The highest BCUT2D eigenvalue weighted by Crippen LogP contribution is 2.47. The van der Waals surface area contributed by atoms with Crippen molar-refractivity contribution < 1.29 is 4.74 Å². The Labute approximate surface area is 231 Å². The summed E-state index contributed by atoms with van der Waals surface area (Å²) in [5.74, 6) is 1.60. The van der Waals surface area contributed by atoms with Crippen molar-refractivity contribution in [2.75, 3.05) is 50.6 Å². The Balaban J connectivity index is 1.61. The maximum Gasteiger partial charge on any atom is 0.169 e. The van der Waals surface area contributed by atoms with E-state index in [4.69, 9.17) is 4.74 Å². The van der Waals surface area contributed by atoms with Gasteiger partial charge in [-0.1, -0.05) is 47.6 Å². The minimum atomic E-state index is -1.91. The summed E-state index contributed by atoms with van der Waals surface area (Å²) in [6, 6.07) is 13.6. The molecule has 2 aromatic carbocycles. The van der Waals surface area contributed by atoms with Crippen molar-refractivity contribution in [3.8, 4) is 5.75 Å². The van der Waals surface area contributed by atoms with Crippen molar-refractivity contribution in [2.45, 2.75) is 76.9 Å². The van der Waals surface area contributed by atoms with Crippen LogP contribution < -0.4 is 15.0 Å². The highest BCUT2D eigenvalue weighted by molar-refractivity contribution is 6.82. The van der Waals surface area contributed by atoms with Crippen LogP contribution in [0.3, 0.4) is 0 Å². The lowest BCUT2D eigenvalue weighted by molar-refractivity contribution is 0.256. The third kappa shape index (κ3) is 4.64. The summed E-state index contributed by atoms with van der Waals surface area (Å²) >= 11 is 0. The van der Waals surface area contributed by atoms with Crippen molar-refractivity contribution >= 4 is 36.2 Å². The molecule has 206 valence electrons. The normalized spacial score (nSPS) is 17.5. The van der Waals surface area contributed by atoms with Crippen LogP contribution >= 0.6 is 0 Å². The van der Waals surface area contributed by atoms with Gasteiger partial charge in [0, 0.05) is 35.4 Å². The van der Waals surface area contributed by atoms with Gasteiger partial charge >= 0.3 is 0 Å². The van der Waals surface area contributed by atoms with Crippen LogP contribution in [0.5, 0.6) is 5.75 Å². The third-order valence-electron chi connectivity index (χ3n) is 9.53. The average Bonchev–Trinajstić information content (AvgIpc) is 3.23. The molecule has 0 radical (unpaired) electrons. The van der Waals surface area contributed by atoms with Gasteiger partial charge in [-0.05, 0) is 91.5 Å². The van der Waals surface area contributed by atoms with E-state index in [-0.39, 0.29) is 0 Å². The second kappa shape index (κ2) is 10.6. The lowest BCUT2D eigenvalue weighted by Gasteiger charge is -2.44. The predicted molar refractivity (Wildman–Crippen MR) is 166 cm³/mol. The van der Waals surface area contributed by atoms with Gasteiger partial charge < -0.3 is 24.1 Å². The van der Waals surface area contributed by atoms with Crippen LogP contribution in [0.25, 0.3) is 10.9 Å². The molecule has 0 saturated carbocycles. The molecule has 1 aromatic heterocycles. The average molecular weight is 533 g/mol. The number of hydrogen-bond donors (Lipinski definition) is 1. The zero-order chi connectivity index (χ0) is 27.2. The fourth-order valence-electron chi connectivity index (χ4n) is 7.73. The molecule has 5 nitrogen and oxygen atoms in total. The first-order chi connectivity index (χ1) is 18.1. The first-order valence-electron chi connectivity index (χ1n) is 14.7. The maximum absolute atomic E-state index is 5.98. The Morgan fingerprint density at radius 1 is 0.842 bits per heavy atom. The Hall–Kier alpha value is -2.44. The van der Waals surface area contributed by atoms with E-state index >= 15 is 0 Å². The van der Waals surface area contributed by atoms with Crippen LogP contribution in [0, 0.1) is 0 Å². The van der Waals surface area contributed by atoms with Gasteiger partial charge in [0.1, 0.15) is 12.4 Å². The van der Waals surface area contributed by atoms with Gasteiger partial charge in [0.25, 0.3) is 0 Å². The predicted octanol–water partition coefficient (Wildman–Crippen LogP) is 8.05. The van der Waals surface area contributed by atoms with Crippen LogP contribution in [0.1, 0.15) is 65.9 Å². The van der Waals surface area contributed by atoms with E-state index in [1.807, 2.05) is 0 Å². The number of hydrogen-bond acceptors (Lipinski definition) is 4. The summed E-state index contributed by atoms with van der Waals surface area (Å²) in [4.78, 5) is 4.74. The number of piperidine rings is 1. The van der Waals surface area contributed by atoms with Crippen LogP contribution in [-0.4, -0.2) is 57.7 Å². The smallest absolute Gasteiger partial charge is 0.169 e. The van der Waals surface area contributed by atoms with Crippen LogP contribution in [0.2, 0.25) is 16.6 Å². The molecule has 0 bridgehead atoms. The van der Waals surface area contributed by atoms with Crippen LogP contribution in [-0.2, 0) is 0 Å². The van der Waals surface area contributed by atoms with E-state index in [1.165, 1.54) is 36.8 Å². The molecule has 2 aliphatic rings. The molecule has 2 aliphatic heterocycles. The lowest BCUT2D eigenvalue weighted by atomic mass is 9.89. The largest absolute Gasteiger partial charge is 0.489 e. The van der Waals surface area contributed by atoms with Crippen molar-refractivity contribution in [2.24, 2.45) is 0 Å². The number of fused-ring (bicyclic) bond motifs is 2. The quantitative estimate of drug-likeness (QED) is 0.312. The molecule has 5 rings (SSSR count). The fraction of sp³-hybridized carbons (Fsp3) is 0.562. The van der Waals surface area contributed by atoms with Gasteiger partial charge in [-0.3, -0.25) is 0 Å². The Bertz CT molecular complexity index is 1250. The number of aromatic nitrogens is 1. The monoisotopic (exact) mass is 532 g/mol. The summed E-state index contributed by atoms with van der Waals surface area (Å²) < 4.78 is 8.81. The zero-order valence-electron chi connectivity index (χ0n) is 24.8. The zero-order valence-corrected chi connectivity index (χ0v) is 25.8. The molecule has 0 amide bonds. The fourth-order valence-corrected chi connectivity index (χ4v) is 14.4. The number of benzene rings is 2. The van der Waals surface area contributed by atoms with Gasteiger partial charge in [-0.15, -0.1) is 0 Å². The molecule has 38 heavy (non-hydrogen) atoms. The summed E-state index contributed by atoms with van der Waals surface area (Å²) in [5, 5.41) is 5.18. The molecular formula is C32H48N4OSi. The van der Waals surface area contributed by atoms with E-state index in [2.05, 4.69) is 118 Å². The molecular weight excluding hydrogens is 484 g/mol. The van der Waals surface area contributed by atoms with Gasteiger partial charge in [0.2, 0.25) is 0 Å². The van der Waals surface area contributed by atoms with E-state index in [9.17, 15) is 0 Å². The lowest BCUT2D eigenvalue weighted by Crippen LogP contribution is -2.51. The SMILES string of the molecule is CC(C)[Si](C(C)C)(C(C)C)n1cc(C2CCN(C)CC2)c2ccc(Nc3ccc4c(c3)OCCN4C)cc21. The second-order valence-electron chi connectivity index (χ2n) is 12.7. The molecule has 0 atom stereocenters. The van der Waals surface area contributed by atoms with Crippen LogP contribution in [0.15, 0.2) is 42.6 Å².